The molecule has 0 aliphatic rings. The predicted octanol–water partition coefficient (Wildman–Crippen LogP) is 2.63. The molecule has 0 radical (unpaired) electrons. The lowest BCUT2D eigenvalue weighted by Crippen LogP contribution is -2.18. The van der Waals surface area contributed by atoms with Crippen molar-refractivity contribution in [2.45, 2.75) is 25.8 Å². The van der Waals surface area contributed by atoms with Crippen LogP contribution in [0.2, 0.25) is 5.02 Å². The highest BCUT2D eigenvalue weighted by Gasteiger charge is 2.06. The monoisotopic (exact) mass is 237 g/mol. The lowest BCUT2D eigenvalue weighted by atomic mass is 10.1. The van der Waals surface area contributed by atoms with Gasteiger partial charge in [-0.2, -0.15) is 0 Å². The van der Waals surface area contributed by atoms with Crippen LogP contribution in [0.4, 0.5) is 0 Å². The smallest absolute Gasteiger partial charge is 0.122 e. The zero-order valence-corrected chi connectivity index (χ0v) is 10.1. The van der Waals surface area contributed by atoms with Gasteiger partial charge in [-0.15, -0.1) is 12.3 Å². The van der Waals surface area contributed by atoms with Crippen LogP contribution in [0, 0.1) is 12.3 Å². The van der Waals surface area contributed by atoms with Gasteiger partial charge in [-0.3, -0.25) is 0 Å². The molecule has 2 nitrogen and oxygen atoms in total. The first-order chi connectivity index (χ1) is 7.63. The van der Waals surface area contributed by atoms with E-state index in [0.29, 0.717) is 18.1 Å². The minimum Gasteiger partial charge on any atom is -0.492 e. The Bertz CT molecular complexity index is 382. The Morgan fingerprint density at radius 2 is 2.31 bits per heavy atom. The van der Waals surface area contributed by atoms with Gasteiger partial charge in [0, 0.05) is 17.5 Å². The molecule has 0 aromatic heterocycles. The van der Waals surface area contributed by atoms with Gasteiger partial charge >= 0.3 is 0 Å². The third-order valence-corrected chi connectivity index (χ3v) is 2.30. The Morgan fingerprint density at radius 1 is 1.56 bits per heavy atom. The molecule has 0 spiro atoms. The van der Waals surface area contributed by atoms with Crippen molar-refractivity contribution < 1.29 is 4.74 Å². The lowest BCUT2D eigenvalue weighted by Gasteiger charge is -2.12. The molecule has 1 aromatic carbocycles. The van der Waals surface area contributed by atoms with Gasteiger partial charge in [0.05, 0.1) is 6.61 Å². The predicted molar refractivity (Wildman–Crippen MR) is 67.8 cm³/mol. The van der Waals surface area contributed by atoms with E-state index in [-0.39, 0.29) is 6.04 Å². The van der Waals surface area contributed by atoms with Crippen LogP contribution in [0.15, 0.2) is 18.2 Å². The second kappa shape index (κ2) is 6.42. The van der Waals surface area contributed by atoms with Crippen LogP contribution in [0.5, 0.6) is 5.75 Å². The van der Waals surface area contributed by atoms with Gasteiger partial charge < -0.3 is 10.5 Å². The van der Waals surface area contributed by atoms with Crippen molar-refractivity contribution in [3.05, 3.63) is 28.8 Å². The zero-order chi connectivity index (χ0) is 12.0. The number of benzene rings is 1. The van der Waals surface area contributed by atoms with E-state index in [0.717, 1.165) is 17.7 Å². The molecule has 0 saturated heterocycles. The highest BCUT2D eigenvalue weighted by Crippen LogP contribution is 2.24. The van der Waals surface area contributed by atoms with Gasteiger partial charge in [0.1, 0.15) is 5.75 Å². The van der Waals surface area contributed by atoms with E-state index >= 15 is 0 Å². The number of halogens is 1. The molecular weight excluding hydrogens is 222 g/mol. The average Bonchev–Trinajstić information content (AvgIpc) is 2.20. The van der Waals surface area contributed by atoms with Crippen molar-refractivity contribution in [1.29, 1.82) is 0 Å². The van der Waals surface area contributed by atoms with Crippen molar-refractivity contribution in [2.75, 3.05) is 6.61 Å². The van der Waals surface area contributed by atoms with Crippen LogP contribution >= 0.6 is 11.6 Å². The maximum absolute atomic E-state index is 5.93. The second-order valence-corrected chi connectivity index (χ2v) is 4.17. The van der Waals surface area contributed by atoms with Crippen LogP contribution in [-0.2, 0) is 6.42 Å². The molecule has 1 atom stereocenters. The third-order valence-electron chi connectivity index (χ3n) is 2.07. The summed E-state index contributed by atoms with van der Waals surface area (Å²) in [5.74, 6) is 3.35. The fourth-order valence-corrected chi connectivity index (χ4v) is 1.61. The molecule has 1 rings (SSSR count). The molecule has 0 fully saturated rings. The normalized spacial score (nSPS) is 11.9. The number of rotatable bonds is 5. The van der Waals surface area contributed by atoms with Gasteiger partial charge in [-0.05, 0) is 37.1 Å². The van der Waals surface area contributed by atoms with Gasteiger partial charge in [0.25, 0.3) is 0 Å². The summed E-state index contributed by atoms with van der Waals surface area (Å²) < 4.78 is 5.58. The molecule has 0 bridgehead atoms. The summed E-state index contributed by atoms with van der Waals surface area (Å²) in [6.45, 7) is 2.47. The molecule has 0 aliphatic heterocycles. The molecule has 0 aliphatic carbocycles. The molecule has 2 N–H and O–H groups in total. The largest absolute Gasteiger partial charge is 0.492 e. The number of ether oxygens (including phenoxy) is 1. The number of hydrogen-bond donors (Lipinski definition) is 1. The highest BCUT2D eigenvalue weighted by molar-refractivity contribution is 6.30. The quantitative estimate of drug-likeness (QED) is 0.631. The molecule has 1 aromatic rings. The molecule has 0 saturated carbocycles. The number of nitrogens with two attached hydrogens (primary N) is 1. The van der Waals surface area contributed by atoms with E-state index in [4.69, 9.17) is 28.5 Å². The van der Waals surface area contributed by atoms with Crippen molar-refractivity contribution in [1.82, 2.24) is 0 Å². The maximum atomic E-state index is 5.93. The molecule has 86 valence electrons. The first-order valence-electron chi connectivity index (χ1n) is 5.23. The van der Waals surface area contributed by atoms with Gasteiger partial charge in [-0.25, -0.2) is 0 Å². The summed E-state index contributed by atoms with van der Waals surface area (Å²) in [5, 5.41) is 0.694. The van der Waals surface area contributed by atoms with Crippen LogP contribution in [0.1, 0.15) is 18.9 Å². The lowest BCUT2D eigenvalue weighted by molar-refractivity contribution is 0.323. The van der Waals surface area contributed by atoms with Crippen molar-refractivity contribution in [2.24, 2.45) is 5.73 Å². The average molecular weight is 238 g/mol. The Balaban J connectivity index is 2.77. The van der Waals surface area contributed by atoms with E-state index in [1.807, 2.05) is 19.1 Å². The molecule has 3 heteroatoms. The number of terminal acetylenes is 1. The van der Waals surface area contributed by atoms with Gasteiger partial charge in [0.15, 0.2) is 0 Å². The molecule has 16 heavy (non-hydrogen) atoms. The summed E-state index contributed by atoms with van der Waals surface area (Å²) in [7, 11) is 0. The van der Waals surface area contributed by atoms with E-state index in [1.165, 1.54) is 0 Å². The van der Waals surface area contributed by atoms with E-state index in [2.05, 4.69) is 5.92 Å². The fraction of sp³-hybridized carbons (Fsp3) is 0.385. The molecule has 1 unspecified atom stereocenters. The van der Waals surface area contributed by atoms with Crippen LogP contribution in [0.25, 0.3) is 0 Å². The van der Waals surface area contributed by atoms with Crippen molar-refractivity contribution in [3.8, 4) is 18.1 Å². The maximum Gasteiger partial charge on any atom is 0.122 e. The SMILES string of the molecule is C#CCCOc1ccc(Cl)cc1CC(C)N. The summed E-state index contributed by atoms with van der Waals surface area (Å²) >= 11 is 5.93. The van der Waals surface area contributed by atoms with Crippen molar-refractivity contribution in [3.63, 3.8) is 0 Å². The van der Waals surface area contributed by atoms with Gasteiger partial charge in [0.2, 0.25) is 0 Å². The summed E-state index contributed by atoms with van der Waals surface area (Å²) in [5.41, 5.74) is 6.79. The van der Waals surface area contributed by atoms with Gasteiger partial charge in [-0.1, -0.05) is 11.6 Å². The first kappa shape index (κ1) is 12.9. The minimum atomic E-state index is 0.0773. The Hall–Kier alpha value is -1.17. The molecule has 0 heterocycles. The first-order valence-corrected chi connectivity index (χ1v) is 5.61. The second-order valence-electron chi connectivity index (χ2n) is 3.74. The standard InChI is InChI=1S/C13H16ClNO/c1-3-4-7-16-13-6-5-12(14)9-11(13)8-10(2)15/h1,5-6,9-10H,4,7-8,15H2,2H3. The summed E-state index contributed by atoms with van der Waals surface area (Å²) in [4.78, 5) is 0. The zero-order valence-electron chi connectivity index (χ0n) is 9.37. The summed E-state index contributed by atoms with van der Waals surface area (Å²) in [6, 6.07) is 5.62. The summed E-state index contributed by atoms with van der Waals surface area (Å²) in [6.07, 6.45) is 6.50. The topological polar surface area (TPSA) is 35.2 Å². The fourth-order valence-electron chi connectivity index (χ4n) is 1.42. The Morgan fingerprint density at radius 3 is 2.94 bits per heavy atom. The van der Waals surface area contributed by atoms with Crippen molar-refractivity contribution >= 4 is 11.6 Å². The molecule has 0 amide bonds. The Kier molecular flexibility index (Phi) is 5.18. The Labute approximate surface area is 102 Å². The third kappa shape index (κ3) is 4.14. The minimum absolute atomic E-state index is 0.0773. The van der Waals surface area contributed by atoms with Crippen LogP contribution < -0.4 is 10.5 Å². The highest BCUT2D eigenvalue weighted by atomic mass is 35.5. The van der Waals surface area contributed by atoms with E-state index in [1.54, 1.807) is 6.07 Å². The van der Waals surface area contributed by atoms with Crippen LogP contribution in [0.3, 0.4) is 0 Å². The van der Waals surface area contributed by atoms with E-state index < -0.39 is 0 Å². The van der Waals surface area contributed by atoms with E-state index in [9.17, 15) is 0 Å². The number of hydrogen-bond acceptors (Lipinski definition) is 2. The molecular formula is C13H16ClNO. The van der Waals surface area contributed by atoms with Crippen LogP contribution in [-0.4, -0.2) is 12.6 Å².